The van der Waals surface area contributed by atoms with E-state index in [1.165, 1.54) is 11.1 Å². The summed E-state index contributed by atoms with van der Waals surface area (Å²) < 4.78 is 0. The highest BCUT2D eigenvalue weighted by Gasteiger charge is 2.61. The molecule has 0 bridgehead atoms. The Bertz CT molecular complexity index is 688. The summed E-state index contributed by atoms with van der Waals surface area (Å²) in [4.78, 5) is 12.2. The monoisotopic (exact) mass is 402 g/mol. The third kappa shape index (κ3) is 3.43. The second-order valence-corrected chi connectivity index (χ2v) is 11.2. The minimum Gasteiger partial charge on any atom is -0.391 e. The molecule has 0 amide bonds. The molecular weight excluding hydrogens is 360 g/mol. The van der Waals surface area contributed by atoms with Crippen LogP contribution in [0.3, 0.4) is 0 Å². The number of hydrogen-bond donors (Lipinski definition) is 3. The number of aliphatic hydroxyl groups is 1. The van der Waals surface area contributed by atoms with Gasteiger partial charge in [0.1, 0.15) is 5.78 Å². The topological polar surface area (TPSA) is 75.3 Å². The highest BCUT2D eigenvalue weighted by atomic mass is 16.3. The third-order valence-electron chi connectivity index (χ3n) is 9.48. The van der Waals surface area contributed by atoms with E-state index in [1.807, 2.05) is 0 Å². The van der Waals surface area contributed by atoms with Gasteiger partial charge in [0.25, 0.3) is 0 Å². The fraction of sp³-hybridized carbons (Fsp3) is 0.880. The van der Waals surface area contributed by atoms with Crippen LogP contribution in [0.5, 0.6) is 0 Å². The molecule has 4 N–H and O–H groups in total. The molecule has 29 heavy (non-hydrogen) atoms. The van der Waals surface area contributed by atoms with Crippen LogP contribution in [-0.4, -0.2) is 35.1 Å². The summed E-state index contributed by atoms with van der Waals surface area (Å²) in [6.45, 7) is 10.1. The molecule has 0 radical (unpaired) electrons. The van der Waals surface area contributed by atoms with Gasteiger partial charge in [-0.05, 0) is 81.1 Å². The van der Waals surface area contributed by atoms with Gasteiger partial charge in [-0.15, -0.1) is 0 Å². The molecule has 4 heteroatoms. The first-order chi connectivity index (χ1) is 13.7. The van der Waals surface area contributed by atoms with Crippen molar-refractivity contribution in [2.45, 2.75) is 103 Å². The van der Waals surface area contributed by atoms with Crippen LogP contribution in [0.25, 0.3) is 0 Å². The van der Waals surface area contributed by atoms with Crippen molar-refractivity contribution in [2.75, 3.05) is 6.54 Å². The van der Waals surface area contributed by atoms with Gasteiger partial charge in [0.2, 0.25) is 0 Å². The molecule has 1 aliphatic heterocycles. The molecule has 0 aromatic carbocycles. The highest BCUT2D eigenvalue weighted by molar-refractivity contribution is 5.79. The summed E-state index contributed by atoms with van der Waals surface area (Å²) in [5.41, 5.74) is 10.3. The molecule has 4 fully saturated rings. The Balaban J connectivity index is 1.70. The number of nitrogens with one attached hydrogen (secondary N) is 1. The highest BCUT2D eigenvalue weighted by Crippen LogP contribution is 2.64. The molecule has 0 aromatic rings. The molecule has 4 rings (SSSR count). The zero-order valence-electron chi connectivity index (χ0n) is 19.0. The van der Waals surface area contributed by atoms with Crippen molar-refractivity contribution in [1.82, 2.24) is 5.32 Å². The van der Waals surface area contributed by atoms with Gasteiger partial charge < -0.3 is 16.2 Å². The second-order valence-electron chi connectivity index (χ2n) is 11.2. The Morgan fingerprint density at radius 1 is 1.31 bits per heavy atom. The summed E-state index contributed by atoms with van der Waals surface area (Å²) in [6, 6.07) is 0.0702. The molecule has 8 atom stereocenters. The quantitative estimate of drug-likeness (QED) is 0.625. The maximum absolute atomic E-state index is 12.2. The summed E-state index contributed by atoms with van der Waals surface area (Å²) >= 11 is 0. The first-order valence-corrected chi connectivity index (χ1v) is 12.1. The maximum atomic E-state index is 12.2. The van der Waals surface area contributed by atoms with Gasteiger partial charge in [0.15, 0.2) is 0 Å². The van der Waals surface area contributed by atoms with E-state index < -0.39 is 0 Å². The molecular formula is C25H42N2O2. The van der Waals surface area contributed by atoms with E-state index in [1.54, 1.807) is 0 Å². The van der Waals surface area contributed by atoms with Gasteiger partial charge in [0, 0.05) is 18.4 Å². The minimum absolute atomic E-state index is 0.0702. The Morgan fingerprint density at radius 2 is 2.07 bits per heavy atom. The summed E-state index contributed by atoms with van der Waals surface area (Å²) in [6.07, 6.45) is 8.56. The van der Waals surface area contributed by atoms with E-state index in [0.717, 1.165) is 64.3 Å². The number of aliphatic hydroxyl groups excluding tert-OH is 1. The molecule has 1 heterocycles. The molecule has 0 aromatic heterocycles. The van der Waals surface area contributed by atoms with Crippen molar-refractivity contribution >= 4 is 5.78 Å². The number of rotatable bonds is 3. The van der Waals surface area contributed by atoms with Crippen LogP contribution in [-0.2, 0) is 4.79 Å². The average Bonchev–Trinajstić information content (AvgIpc) is 2.97. The molecule has 1 saturated heterocycles. The number of hydrogen-bond acceptors (Lipinski definition) is 4. The lowest BCUT2D eigenvalue weighted by atomic mass is 9.50. The SMILES string of the molecule is CCCC1/C(=C(/C)C2NC[C@@H](C)CC2O)CC2C3(C)CCC(=O)CC3CCC12N. The number of carbonyl (C=O) groups excluding carboxylic acids is 1. The lowest BCUT2D eigenvalue weighted by molar-refractivity contribution is -0.130. The van der Waals surface area contributed by atoms with Crippen LogP contribution in [0.1, 0.15) is 85.5 Å². The fourth-order valence-corrected chi connectivity index (χ4v) is 7.76. The summed E-state index contributed by atoms with van der Waals surface area (Å²) in [5, 5.41) is 14.4. The van der Waals surface area contributed by atoms with Gasteiger partial charge in [-0.25, -0.2) is 0 Å². The van der Waals surface area contributed by atoms with Crippen LogP contribution >= 0.6 is 0 Å². The van der Waals surface area contributed by atoms with Gasteiger partial charge in [0.05, 0.1) is 12.1 Å². The predicted octanol–water partition coefficient (Wildman–Crippen LogP) is 3.96. The summed E-state index contributed by atoms with van der Waals surface area (Å²) in [5.74, 6) is 2.36. The molecule has 4 aliphatic rings. The van der Waals surface area contributed by atoms with E-state index in [4.69, 9.17) is 5.73 Å². The van der Waals surface area contributed by atoms with Crippen molar-refractivity contribution < 1.29 is 9.90 Å². The van der Waals surface area contributed by atoms with E-state index in [2.05, 4.69) is 33.0 Å². The Labute approximate surface area is 177 Å². The number of carbonyl (C=O) groups is 1. The first kappa shape index (κ1) is 21.5. The molecule has 7 unspecified atom stereocenters. The van der Waals surface area contributed by atoms with Crippen molar-refractivity contribution in [3.63, 3.8) is 0 Å². The zero-order chi connectivity index (χ0) is 21.0. The molecule has 4 nitrogen and oxygen atoms in total. The molecule has 0 spiro atoms. The third-order valence-corrected chi connectivity index (χ3v) is 9.48. The van der Waals surface area contributed by atoms with Crippen molar-refractivity contribution in [2.24, 2.45) is 34.8 Å². The van der Waals surface area contributed by atoms with Crippen LogP contribution < -0.4 is 11.1 Å². The standard InChI is InChI=1S/C25H42N2O2/c1-5-6-20-19(16(3)23-21(29)11-15(2)14-27-23)13-22-24(4)9-8-18(28)12-17(24)7-10-25(20,22)26/h15,17,20-23,27,29H,5-14,26H2,1-4H3/b19-16-/t15-,17?,20?,21?,22?,23?,24?,25?/m0/s1. The van der Waals surface area contributed by atoms with Gasteiger partial charge in [-0.2, -0.15) is 0 Å². The predicted molar refractivity (Wildman–Crippen MR) is 117 cm³/mol. The molecule has 164 valence electrons. The van der Waals surface area contributed by atoms with Gasteiger partial charge in [-0.3, -0.25) is 4.79 Å². The lowest BCUT2D eigenvalue weighted by Crippen LogP contribution is -2.60. The van der Waals surface area contributed by atoms with Crippen LogP contribution in [0.4, 0.5) is 0 Å². The summed E-state index contributed by atoms with van der Waals surface area (Å²) in [7, 11) is 0. The van der Waals surface area contributed by atoms with Crippen molar-refractivity contribution in [1.29, 1.82) is 0 Å². The number of Topliss-reactive ketones (excluding diaryl/α,β-unsaturated/α-hetero) is 1. The van der Waals surface area contributed by atoms with Crippen molar-refractivity contribution in [3.05, 3.63) is 11.1 Å². The normalized spacial score (nSPS) is 49.5. The van der Waals surface area contributed by atoms with E-state index >= 15 is 0 Å². The fourth-order valence-electron chi connectivity index (χ4n) is 7.76. The molecule has 3 aliphatic carbocycles. The number of ketones is 1. The van der Waals surface area contributed by atoms with Crippen LogP contribution in [0.2, 0.25) is 0 Å². The zero-order valence-corrected chi connectivity index (χ0v) is 19.0. The minimum atomic E-state index is -0.305. The smallest absolute Gasteiger partial charge is 0.133 e. The Hall–Kier alpha value is -0.710. The largest absolute Gasteiger partial charge is 0.391 e. The van der Waals surface area contributed by atoms with Gasteiger partial charge >= 0.3 is 0 Å². The Kier molecular flexibility index (Phi) is 5.76. The lowest BCUT2D eigenvalue weighted by Gasteiger charge is -2.56. The number of nitrogens with two attached hydrogens (primary N) is 1. The Morgan fingerprint density at radius 3 is 2.76 bits per heavy atom. The van der Waals surface area contributed by atoms with E-state index in [9.17, 15) is 9.90 Å². The van der Waals surface area contributed by atoms with Crippen molar-refractivity contribution in [3.8, 4) is 0 Å². The second kappa shape index (κ2) is 7.76. The number of piperidine rings is 1. The van der Waals surface area contributed by atoms with Crippen LogP contribution in [0, 0.1) is 29.1 Å². The van der Waals surface area contributed by atoms with E-state index in [0.29, 0.717) is 29.5 Å². The number of fused-ring (bicyclic) bond motifs is 3. The first-order valence-electron chi connectivity index (χ1n) is 12.1. The van der Waals surface area contributed by atoms with Gasteiger partial charge in [-0.1, -0.05) is 38.3 Å². The maximum Gasteiger partial charge on any atom is 0.133 e. The van der Waals surface area contributed by atoms with E-state index in [-0.39, 0.29) is 23.1 Å². The average molecular weight is 403 g/mol. The van der Waals surface area contributed by atoms with Crippen LogP contribution in [0.15, 0.2) is 11.1 Å². The molecule has 3 saturated carbocycles.